The van der Waals surface area contributed by atoms with Crippen LogP contribution in [0.2, 0.25) is 0 Å². The van der Waals surface area contributed by atoms with E-state index in [0.29, 0.717) is 19.6 Å². The van der Waals surface area contributed by atoms with Gasteiger partial charge in [0.05, 0.1) is 25.8 Å². The van der Waals surface area contributed by atoms with Crippen molar-refractivity contribution >= 4 is 5.97 Å². The predicted molar refractivity (Wildman–Crippen MR) is 83.5 cm³/mol. The highest BCUT2D eigenvalue weighted by Gasteiger charge is 2.25. The van der Waals surface area contributed by atoms with E-state index in [4.69, 9.17) is 9.84 Å². The molecule has 1 aliphatic rings. The zero-order chi connectivity index (χ0) is 16.4. The minimum absolute atomic E-state index is 0.189. The number of nitrogens with zero attached hydrogens (tertiary/aromatic N) is 6. The molecule has 0 saturated heterocycles. The summed E-state index contributed by atoms with van der Waals surface area (Å²) in [6.45, 7) is 4.57. The monoisotopic (exact) mass is 318 g/mol. The Bertz CT molecular complexity index is 705. The molecule has 0 radical (unpaired) electrons. The summed E-state index contributed by atoms with van der Waals surface area (Å²) < 4.78 is 8.61. The Balaban J connectivity index is 1.90. The Morgan fingerprint density at radius 2 is 2.22 bits per heavy atom. The molecule has 124 valence electrons. The van der Waals surface area contributed by atoms with Gasteiger partial charge in [0.2, 0.25) is 0 Å². The van der Waals surface area contributed by atoms with Gasteiger partial charge in [-0.25, -0.2) is 0 Å². The molecule has 0 N–H and O–H groups in total. The van der Waals surface area contributed by atoms with E-state index < -0.39 is 0 Å². The number of rotatable bonds is 5. The summed E-state index contributed by atoms with van der Waals surface area (Å²) >= 11 is 0. The van der Waals surface area contributed by atoms with Crippen molar-refractivity contribution in [2.24, 2.45) is 7.05 Å². The zero-order valence-electron chi connectivity index (χ0n) is 13.8. The Labute approximate surface area is 135 Å². The molecule has 0 fully saturated rings. The lowest BCUT2D eigenvalue weighted by atomic mass is 10.0. The van der Waals surface area contributed by atoms with E-state index in [1.54, 1.807) is 4.68 Å². The van der Waals surface area contributed by atoms with Gasteiger partial charge in [-0.3, -0.25) is 14.2 Å². The molecule has 0 aromatic carbocycles. The first-order valence-corrected chi connectivity index (χ1v) is 7.88. The molecular weight excluding hydrogens is 296 g/mol. The molecule has 0 atom stereocenters. The van der Waals surface area contributed by atoms with Gasteiger partial charge in [0, 0.05) is 37.8 Å². The van der Waals surface area contributed by atoms with Crippen LogP contribution in [0.25, 0.3) is 11.4 Å². The third-order valence-electron chi connectivity index (χ3n) is 4.00. The van der Waals surface area contributed by atoms with Crippen LogP contribution in [0.4, 0.5) is 0 Å². The second kappa shape index (κ2) is 6.49. The lowest BCUT2D eigenvalue weighted by molar-refractivity contribution is -0.143. The van der Waals surface area contributed by atoms with E-state index in [1.165, 1.54) is 11.3 Å². The number of likely N-dealkylation sites (N-methyl/N-ethyl adjacent to an activating group) is 1. The largest absolute Gasteiger partial charge is 0.466 e. The van der Waals surface area contributed by atoms with E-state index in [0.717, 1.165) is 30.9 Å². The van der Waals surface area contributed by atoms with Gasteiger partial charge in [0.15, 0.2) is 0 Å². The van der Waals surface area contributed by atoms with Crippen LogP contribution >= 0.6 is 0 Å². The van der Waals surface area contributed by atoms with Crippen molar-refractivity contribution in [1.29, 1.82) is 0 Å². The third kappa shape index (κ3) is 3.26. The number of ether oxygens (including phenoxy) is 1. The standard InChI is InChI=1S/C15H22N6O2/c1-4-23-14(22)6-8-21-13-5-7-19(2)9-11(13)15(17-21)12-10-20(3)18-16-12/h10H,4-9H2,1-3H3. The smallest absolute Gasteiger partial charge is 0.307 e. The van der Waals surface area contributed by atoms with Crippen molar-refractivity contribution in [2.75, 3.05) is 20.2 Å². The number of hydrogen-bond donors (Lipinski definition) is 0. The second-order valence-corrected chi connectivity index (χ2v) is 5.82. The molecule has 23 heavy (non-hydrogen) atoms. The molecule has 2 aromatic rings. The molecule has 3 rings (SSSR count). The molecule has 2 aromatic heterocycles. The minimum atomic E-state index is -0.189. The van der Waals surface area contributed by atoms with Gasteiger partial charge < -0.3 is 9.64 Å². The molecule has 3 heterocycles. The van der Waals surface area contributed by atoms with Crippen LogP contribution in [-0.4, -0.2) is 55.8 Å². The Morgan fingerprint density at radius 3 is 2.91 bits per heavy atom. The van der Waals surface area contributed by atoms with Gasteiger partial charge in [-0.15, -0.1) is 5.10 Å². The molecule has 0 saturated carbocycles. The number of carbonyl (C=O) groups is 1. The highest BCUT2D eigenvalue weighted by Crippen LogP contribution is 2.28. The fourth-order valence-electron chi connectivity index (χ4n) is 2.90. The summed E-state index contributed by atoms with van der Waals surface area (Å²) in [5.41, 5.74) is 4.01. The van der Waals surface area contributed by atoms with Crippen molar-refractivity contribution in [2.45, 2.75) is 32.9 Å². The first-order chi connectivity index (χ1) is 11.1. The maximum atomic E-state index is 11.6. The fourth-order valence-corrected chi connectivity index (χ4v) is 2.90. The highest BCUT2D eigenvalue weighted by molar-refractivity contribution is 5.69. The van der Waals surface area contributed by atoms with Gasteiger partial charge in [0.1, 0.15) is 11.4 Å². The first kappa shape index (κ1) is 15.7. The Kier molecular flexibility index (Phi) is 4.42. The molecule has 1 aliphatic heterocycles. The van der Waals surface area contributed by atoms with E-state index in [-0.39, 0.29) is 5.97 Å². The zero-order valence-corrected chi connectivity index (χ0v) is 13.8. The summed E-state index contributed by atoms with van der Waals surface area (Å²) in [4.78, 5) is 13.9. The van der Waals surface area contributed by atoms with Crippen LogP contribution in [0, 0.1) is 0 Å². The Morgan fingerprint density at radius 1 is 1.39 bits per heavy atom. The molecule has 0 amide bonds. The van der Waals surface area contributed by atoms with Crippen molar-refractivity contribution in [3.63, 3.8) is 0 Å². The average molecular weight is 318 g/mol. The van der Waals surface area contributed by atoms with Crippen LogP contribution in [0.1, 0.15) is 24.6 Å². The maximum Gasteiger partial charge on any atom is 0.307 e. The van der Waals surface area contributed by atoms with Gasteiger partial charge in [-0.1, -0.05) is 5.21 Å². The molecular formula is C15H22N6O2. The summed E-state index contributed by atoms with van der Waals surface area (Å²) in [5.74, 6) is -0.189. The van der Waals surface area contributed by atoms with Crippen molar-refractivity contribution < 1.29 is 9.53 Å². The van der Waals surface area contributed by atoms with E-state index in [1.807, 2.05) is 24.9 Å². The molecule has 0 aliphatic carbocycles. The molecule has 8 nitrogen and oxygen atoms in total. The van der Waals surface area contributed by atoms with E-state index in [9.17, 15) is 4.79 Å². The molecule has 0 spiro atoms. The number of fused-ring (bicyclic) bond motifs is 1. The van der Waals surface area contributed by atoms with Gasteiger partial charge >= 0.3 is 5.97 Å². The maximum absolute atomic E-state index is 11.6. The lowest BCUT2D eigenvalue weighted by Gasteiger charge is -2.23. The lowest BCUT2D eigenvalue weighted by Crippen LogP contribution is -2.27. The van der Waals surface area contributed by atoms with Gasteiger partial charge in [0.25, 0.3) is 0 Å². The highest BCUT2D eigenvalue weighted by atomic mass is 16.5. The Hall–Kier alpha value is -2.22. The molecule has 8 heteroatoms. The topological polar surface area (TPSA) is 78.1 Å². The van der Waals surface area contributed by atoms with Crippen LogP contribution in [0.5, 0.6) is 0 Å². The quantitative estimate of drug-likeness (QED) is 0.752. The van der Waals surface area contributed by atoms with Crippen LogP contribution in [0.15, 0.2) is 6.20 Å². The summed E-state index contributed by atoms with van der Waals surface area (Å²) in [5, 5.41) is 12.9. The normalized spacial score (nSPS) is 14.7. The number of esters is 1. The average Bonchev–Trinajstić information content (AvgIpc) is 3.09. The van der Waals surface area contributed by atoms with E-state index in [2.05, 4.69) is 22.3 Å². The molecule has 0 bridgehead atoms. The summed E-state index contributed by atoms with van der Waals surface area (Å²) in [7, 11) is 3.94. The fraction of sp³-hybridized carbons (Fsp3) is 0.600. The predicted octanol–water partition coefficient (Wildman–Crippen LogP) is 0.620. The number of aromatic nitrogens is 5. The number of aryl methyl sites for hydroxylation is 2. The van der Waals surface area contributed by atoms with E-state index >= 15 is 0 Å². The first-order valence-electron chi connectivity index (χ1n) is 7.88. The van der Waals surface area contributed by atoms with Gasteiger partial charge in [-0.05, 0) is 14.0 Å². The van der Waals surface area contributed by atoms with Crippen molar-refractivity contribution in [1.82, 2.24) is 29.7 Å². The van der Waals surface area contributed by atoms with Crippen LogP contribution in [-0.2, 0) is 36.1 Å². The summed E-state index contributed by atoms with van der Waals surface area (Å²) in [6, 6.07) is 0. The number of hydrogen-bond acceptors (Lipinski definition) is 6. The van der Waals surface area contributed by atoms with Gasteiger partial charge in [-0.2, -0.15) is 5.10 Å². The van der Waals surface area contributed by atoms with Crippen molar-refractivity contribution in [3.05, 3.63) is 17.5 Å². The summed E-state index contributed by atoms with van der Waals surface area (Å²) in [6.07, 6.45) is 3.12. The van der Waals surface area contributed by atoms with Crippen molar-refractivity contribution in [3.8, 4) is 11.4 Å². The molecule has 0 unspecified atom stereocenters. The minimum Gasteiger partial charge on any atom is -0.466 e. The van der Waals surface area contributed by atoms with Crippen LogP contribution < -0.4 is 0 Å². The second-order valence-electron chi connectivity index (χ2n) is 5.82. The SMILES string of the molecule is CCOC(=O)CCn1nc(-c2cn(C)nn2)c2c1CCN(C)C2. The number of carbonyl (C=O) groups excluding carboxylic acids is 1. The third-order valence-corrected chi connectivity index (χ3v) is 4.00. The van der Waals surface area contributed by atoms with Crippen LogP contribution in [0.3, 0.4) is 0 Å².